The highest BCUT2D eigenvalue weighted by Crippen LogP contribution is 2.24. The van der Waals surface area contributed by atoms with Gasteiger partial charge in [0, 0.05) is 19.7 Å². The number of benzene rings is 3. The quantitative estimate of drug-likeness (QED) is 0.537. The van der Waals surface area contributed by atoms with Crippen LogP contribution in [0.5, 0.6) is 0 Å². The number of amides is 2. The zero-order chi connectivity index (χ0) is 24.9. The third-order valence-electron chi connectivity index (χ3n) is 5.31. The number of carbonyl (C=O) groups excluding carboxylic acids is 2. The second-order valence-electron chi connectivity index (χ2n) is 8.34. The van der Waals surface area contributed by atoms with E-state index in [1.165, 1.54) is 17.0 Å². The zero-order valence-electron chi connectivity index (χ0n) is 19.7. The molecule has 7 nitrogen and oxygen atoms in total. The van der Waals surface area contributed by atoms with Crippen molar-refractivity contribution in [3.8, 4) is 0 Å². The van der Waals surface area contributed by atoms with Gasteiger partial charge in [0.1, 0.15) is 6.54 Å². The number of sulfonamides is 1. The third kappa shape index (κ3) is 6.23. The highest BCUT2D eigenvalue weighted by molar-refractivity contribution is 7.92. The largest absolute Gasteiger partial charge is 0.345 e. The molecule has 0 aromatic heterocycles. The zero-order valence-corrected chi connectivity index (χ0v) is 20.5. The number of nitrogens with one attached hydrogen (secondary N) is 1. The molecule has 0 heterocycles. The van der Waals surface area contributed by atoms with E-state index in [0.717, 1.165) is 27.3 Å². The Hall–Kier alpha value is -3.65. The summed E-state index contributed by atoms with van der Waals surface area (Å²) in [7, 11) is -0.478. The molecule has 0 fully saturated rings. The van der Waals surface area contributed by atoms with Gasteiger partial charge in [-0.1, -0.05) is 60.2 Å². The lowest BCUT2D eigenvalue weighted by Crippen LogP contribution is -2.41. The molecular weight excluding hydrogens is 450 g/mol. The fourth-order valence-corrected chi connectivity index (χ4v) is 4.48. The molecule has 0 aliphatic heterocycles. The summed E-state index contributed by atoms with van der Waals surface area (Å²) in [6.07, 6.45) is 1.05. The summed E-state index contributed by atoms with van der Waals surface area (Å²) in [5, 5.41) is 2.99. The van der Waals surface area contributed by atoms with Crippen molar-refractivity contribution in [1.82, 2.24) is 10.2 Å². The van der Waals surface area contributed by atoms with Crippen LogP contribution in [-0.4, -0.2) is 52.0 Å². The molecule has 1 N–H and O–H groups in total. The van der Waals surface area contributed by atoms with Gasteiger partial charge in [-0.15, -0.1) is 0 Å². The Morgan fingerprint density at radius 2 is 1.50 bits per heavy atom. The minimum atomic E-state index is -3.76. The summed E-state index contributed by atoms with van der Waals surface area (Å²) in [5.41, 5.74) is 3.57. The van der Waals surface area contributed by atoms with Crippen molar-refractivity contribution in [3.05, 3.63) is 101 Å². The van der Waals surface area contributed by atoms with Crippen molar-refractivity contribution in [3.63, 3.8) is 0 Å². The number of hydrogen-bond donors (Lipinski definition) is 1. The van der Waals surface area contributed by atoms with E-state index in [9.17, 15) is 18.0 Å². The SMILES string of the molecule is Cc1cccc(C(NC(=O)CN(c2ccc(C(=O)N(C)C)cc2)S(C)(=O)=O)c2ccccc2)c1. The van der Waals surface area contributed by atoms with E-state index in [4.69, 9.17) is 0 Å². The first-order valence-electron chi connectivity index (χ1n) is 10.8. The molecule has 2 amide bonds. The molecule has 1 unspecified atom stereocenters. The van der Waals surface area contributed by atoms with Crippen LogP contribution in [0.15, 0.2) is 78.9 Å². The van der Waals surface area contributed by atoms with Crippen LogP contribution in [0.25, 0.3) is 0 Å². The van der Waals surface area contributed by atoms with Gasteiger partial charge in [0.15, 0.2) is 0 Å². The molecule has 8 heteroatoms. The molecular formula is C26H29N3O4S. The van der Waals surface area contributed by atoms with E-state index in [-0.39, 0.29) is 5.91 Å². The van der Waals surface area contributed by atoms with Crippen LogP contribution in [0.3, 0.4) is 0 Å². The van der Waals surface area contributed by atoms with Crippen molar-refractivity contribution in [2.24, 2.45) is 0 Å². The van der Waals surface area contributed by atoms with E-state index in [1.807, 2.05) is 61.5 Å². The Morgan fingerprint density at radius 3 is 2.06 bits per heavy atom. The molecule has 0 bridgehead atoms. The Balaban J connectivity index is 1.87. The first-order chi connectivity index (χ1) is 16.1. The van der Waals surface area contributed by atoms with Crippen molar-refractivity contribution < 1.29 is 18.0 Å². The van der Waals surface area contributed by atoms with Crippen LogP contribution in [0, 0.1) is 6.92 Å². The van der Waals surface area contributed by atoms with Gasteiger partial charge in [-0.25, -0.2) is 8.42 Å². The third-order valence-corrected chi connectivity index (χ3v) is 6.45. The van der Waals surface area contributed by atoms with Crippen LogP contribution in [0.2, 0.25) is 0 Å². The fourth-order valence-electron chi connectivity index (χ4n) is 3.62. The van der Waals surface area contributed by atoms with Crippen LogP contribution >= 0.6 is 0 Å². The Morgan fingerprint density at radius 1 is 0.882 bits per heavy atom. The normalized spacial score (nSPS) is 12.0. The maximum atomic E-state index is 13.1. The molecule has 0 saturated carbocycles. The molecule has 34 heavy (non-hydrogen) atoms. The summed E-state index contributed by atoms with van der Waals surface area (Å²) in [4.78, 5) is 26.7. The first-order valence-corrected chi connectivity index (χ1v) is 12.6. The Kier molecular flexibility index (Phi) is 7.73. The average Bonchev–Trinajstić information content (AvgIpc) is 2.80. The number of carbonyl (C=O) groups is 2. The lowest BCUT2D eigenvalue weighted by atomic mass is 9.97. The van der Waals surface area contributed by atoms with E-state index in [0.29, 0.717) is 11.3 Å². The van der Waals surface area contributed by atoms with Crippen LogP contribution in [0.4, 0.5) is 5.69 Å². The van der Waals surface area contributed by atoms with Gasteiger partial charge in [-0.05, 0) is 42.3 Å². The molecule has 0 aliphatic carbocycles. The molecule has 3 aromatic rings. The average molecular weight is 480 g/mol. The van der Waals surface area contributed by atoms with E-state index >= 15 is 0 Å². The second kappa shape index (κ2) is 10.5. The van der Waals surface area contributed by atoms with E-state index < -0.39 is 28.5 Å². The number of anilines is 1. The monoisotopic (exact) mass is 479 g/mol. The molecule has 0 saturated heterocycles. The number of rotatable bonds is 8. The standard InChI is InChI=1S/C26H29N3O4S/c1-19-9-8-12-22(17-19)25(20-10-6-5-7-11-20)27-24(30)18-29(34(4,32)33)23-15-13-21(14-16-23)26(31)28(2)3/h5-17,25H,18H2,1-4H3,(H,27,30). The van der Waals surface area contributed by atoms with E-state index in [2.05, 4.69) is 5.32 Å². The summed E-state index contributed by atoms with van der Waals surface area (Å²) in [5.74, 6) is -0.645. The molecule has 3 rings (SSSR count). The molecule has 0 aliphatic rings. The predicted octanol–water partition coefficient (Wildman–Crippen LogP) is 3.37. The minimum absolute atomic E-state index is 0.195. The lowest BCUT2D eigenvalue weighted by Gasteiger charge is -2.25. The number of aryl methyl sites for hydroxylation is 1. The maximum Gasteiger partial charge on any atom is 0.253 e. The summed E-state index contributed by atoms with van der Waals surface area (Å²) >= 11 is 0. The van der Waals surface area contributed by atoms with Crippen molar-refractivity contribution >= 4 is 27.5 Å². The number of hydrogen-bond acceptors (Lipinski definition) is 4. The lowest BCUT2D eigenvalue weighted by molar-refractivity contribution is -0.120. The van der Waals surface area contributed by atoms with Gasteiger partial charge in [0.25, 0.3) is 5.91 Å². The summed E-state index contributed by atoms with van der Waals surface area (Å²) in [6.45, 7) is 1.58. The van der Waals surface area contributed by atoms with Crippen molar-refractivity contribution in [2.75, 3.05) is 31.2 Å². The predicted molar refractivity (Wildman–Crippen MR) is 134 cm³/mol. The molecule has 3 aromatic carbocycles. The van der Waals surface area contributed by atoms with Gasteiger partial charge < -0.3 is 10.2 Å². The van der Waals surface area contributed by atoms with E-state index in [1.54, 1.807) is 26.2 Å². The van der Waals surface area contributed by atoms with Gasteiger partial charge in [0.05, 0.1) is 18.0 Å². The summed E-state index contributed by atoms with van der Waals surface area (Å²) < 4.78 is 26.1. The molecule has 0 radical (unpaired) electrons. The highest BCUT2D eigenvalue weighted by Gasteiger charge is 2.24. The van der Waals surface area contributed by atoms with Gasteiger partial charge in [0.2, 0.25) is 15.9 Å². The number of nitrogens with zero attached hydrogens (tertiary/aromatic N) is 2. The highest BCUT2D eigenvalue weighted by atomic mass is 32.2. The topological polar surface area (TPSA) is 86.8 Å². The molecule has 178 valence electrons. The van der Waals surface area contributed by atoms with Gasteiger partial charge >= 0.3 is 0 Å². The first kappa shape index (κ1) is 25.0. The van der Waals surface area contributed by atoms with Crippen molar-refractivity contribution in [2.45, 2.75) is 13.0 Å². The molecule has 1 atom stereocenters. The van der Waals surface area contributed by atoms with Crippen LogP contribution in [-0.2, 0) is 14.8 Å². The fraction of sp³-hybridized carbons (Fsp3) is 0.231. The maximum absolute atomic E-state index is 13.1. The summed E-state index contributed by atoms with van der Waals surface area (Å²) in [6, 6.07) is 23.1. The smallest absolute Gasteiger partial charge is 0.253 e. The van der Waals surface area contributed by atoms with Crippen LogP contribution < -0.4 is 9.62 Å². The van der Waals surface area contributed by atoms with Gasteiger partial charge in [-0.3, -0.25) is 13.9 Å². The van der Waals surface area contributed by atoms with Crippen molar-refractivity contribution in [1.29, 1.82) is 0 Å². The Bertz CT molecular complexity index is 1260. The second-order valence-corrected chi connectivity index (χ2v) is 10.2. The minimum Gasteiger partial charge on any atom is -0.345 e. The van der Waals surface area contributed by atoms with Gasteiger partial charge in [-0.2, -0.15) is 0 Å². The Labute approximate surface area is 201 Å². The van der Waals surface area contributed by atoms with Crippen LogP contribution in [0.1, 0.15) is 33.1 Å². The molecule has 0 spiro atoms.